The molecule has 3 rings (SSSR count). The van der Waals surface area contributed by atoms with Crippen LogP contribution >= 0.6 is 0 Å². The van der Waals surface area contributed by atoms with Crippen molar-refractivity contribution < 1.29 is 17.1 Å². The summed E-state index contributed by atoms with van der Waals surface area (Å²) < 4.78 is 0. The molecule has 0 heterocycles. The predicted octanol–water partition coefficient (Wildman–Crippen LogP) is 4.85. The number of rotatable bonds is 3. The van der Waals surface area contributed by atoms with Crippen LogP contribution in [-0.4, -0.2) is 19.0 Å². The molecule has 0 atom stereocenters. The van der Waals surface area contributed by atoms with Crippen molar-refractivity contribution in [3.8, 4) is 11.1 Å². The fourth-order valence-corrected chi connectivity index (χ4v) is 2.20. The third kappa shape index (κ3) is 6.03. The Balaban J connectivity index is 0.000000219. The van der Waals surface area contributed by atoms with Gasteiger partial charge in [-0.3, -0.25) is 0 Å². The van der Waals surface area contributed by atoms with Gasteiger partial charge in [0, 0.05) is 0 Å². The zero-order valence-corrected chi connectivity index (χ0v) is 14.5. The maximum Gasteiger partial charge on any atom is 2.00 e. The van der Waals surface area contributed by atoms with E-state index in [-0.39, 0.29) is 17.1 Å². The molecule has 0 aliphatic carbocycles. The maximum absolute atomic E-state index is 2.16. The van der Waals surface area contributed by atoms with Crippen molar-refractivity contribution in [2.75, 3.05) is 14.1 Å². The fraction of sp³-hybridized carbons (Fsp3) is 0.200. The average Bonchev–Trinajstić information content (AvgIpc) is 3.12. The van der Waals surface area contributed by atoms with Crippen molar-refractivity contribution in [3.63, 3.8) is 0 Å². The number of benzene rings is 1. The molecule has 0 saturated heterocycles. The van der Waals surface area contributed by atoms with Gasteiger partial charge in [0.2, 0.25) is 0 Å². The van der Waals surface area contributed by atoms with Crippen molar-refractivity contribution in [1.82, 2.24) is 4.90 Å². The molecule has 22 heavy (non-hydrogen) atoms. The number of hydrogen-bond acceptors (Lipinski definition) is 1. The predicted molar refractivity (Wildman–Crippen MR) is 91.6 cm³/mol. The van der Waals surface area contributed by atoms with Crippen molar-refractivity contribution in [2.45, 2.75) is 13.5 Å². The standard InChI is InChI=1S/C12H11.C8H12N.Fe/c1-10-6-8-12(9-7-10)11-4-2-3-5-11;1-9(2)7-8-5-3-4-6-8;/h2-9H,1H3;3-6H,7H2,1-2H3;/q2*-1;+2. The summed E-state index contributed by atoms with van der Waals surface area (Å²) in [6, 6.07) is 25.4. The Hall–Kier alpha value is -1.60. The van der Waals surface area contributed by atoms with Gasteiger partial charge in [0.25, 0.3) is 0 Å². The smallest absolute Gasteiger partial charge is 0.307 e. The van der Waals surface area contributed by atoms with Gasteiger partial charge in [0.1, 0.15) is 0 Å². The van der Waals surface area contributed by atoms with E-state index in [2.05, 4.69) is 98.7 Å². The normalized spacial score (nSPS) is 9.82. The molecule has 0 N–H and O–H groups in total. The van der Waals surface area contributed by atoms with Gasteiger partial charge in [-0.1, -0.05) is 23.3 Å². The first-order valence-corrected chi connectivity index (χ1v) is 7.29. The summed E-state index contributed by atoms with van der Waals surface area (Å²) in [6.45, 7) is 3.15. The summed E-state index contributed by atoms with van der Waals surface area (Å²) in [5, 5.41) is 0. The number of hydrogen-bond donors (Lipinski definition) is 0. The van der Waals surface area contributed by atoms with Crippen LogP contribution in [0.3, 0.4) is 0 Å². The topological polar surface area (TPSA) is 3.24 Å². The second kappa shape index (κ2) is 9.42. The number of nitrogens with zero attached hydrogens (tertiary/aromatic N) is 1. The van der Waals surface area contributed by atoms with E-state index in [4.69, 9.17) is 0 Å². The van der Waals surface area contributed by atoms with Crippen molar-refractivity contribution >= 4 is 0 Å². The van der Waals surface area contributed by atoms with Crippen LogP contribution < -0.4 is 0 Å². The molecule has 0 bridgehead atoms. The van der Waals surface area contributed by atoms with Crippen LogP contribution in [0, 0.1) is 6.92 Å². The van der Waals surface area contributed by atoms with E-state index in [1.54, 1.807) is 0 Å². The fourth-order valence-electron chi connectivity index (χ4n) is 2.20. The van der Waals surface area contributed by atoms with Crippen LogP contribution in [0.15, 0.2) is 72.8 Å². The van der Waals surface area contributed by atoms with Gasteiger partial charge in [-0.2, -0.15) is 29.8 Å². The van der Waals surface area contributed by atoms with Crippen molar-refractivity contribution in [2.24, 2.45) is 0 Å². The van der Waals surface area contributed by atoms with Crippen molar-refractivity contribution in [1.29, 1.82) is 0 Å². The summed E-state index contributed by atoms with van der Waals surface area (Å²) in [5.74, 6) is 0. The Labute approximate surface area is 144 Å². The molecule has 0 spiro atoms. The Kier molecular flexibility index (Phi) is 7.90. The molecule has 3 aromatic carbocycles. The second-order valence-electron chi connectivity index (χ2n) is 5.57. The summed E-state index contributed by atoms with van der Waals surface area (Å²) in [4.78, 5) is 2.16. The minimum absolute atomic E-state index is 0. The van der Waals surface area contributed by atoms with E-state index in [9.17, 15) is 0 Å². The minimum Gasteiger partial charge on any atom is -0.307 e. The van der Waals surface area contributed by atoms with E-state index in [0.717, 1.165) is 6.54 Å². The zero-order valence-electron chi connectivity index (χ0n) is 13.4. The molecule has 3 aromatic rings. The Morgan fingerprint density at radius 2 is 1.59 bits per heavy atom. The number of aryl methyl sites for hydroxylation is 1. The van der Waals surface area contributed by atoms with E-state index >= 15 is 0 Å². The van der Waals surface area contributed by atoms with Gasteiger partial charge in [-0.25, -0.2) is 12.1 Å². The molecule has 0 aliphatic heterocycles. The van der Waals surface area contributed by atoms with Crippen LogP contribution in [-0.2, 0) is 23.6 Å². The molecule has 0 saturated carbocycles. The maximum atomic E-state index is 2.16. The monoisotopic (exact) mass is 333 g/mol. The van der Waals surface area contributed by atoms with Gasteiger partial charge in [0.05, 0.1) is 0 Å². The third-order valence-corrected chi connectivity index (χ3v) is 3.28. The van der Waals surface area contributed by atoms with E-state index in [1.165, 1.54) is 22.3 Å². The Morgan fingerprint density at radius 3 is 2.09 bits per heavy atom. The van der Waals surface area contributed by atoms with Gasteiger partial charge in [0.15, 0.2) is 0 Å². The Bertz CT molecular complexity index is 604. The molecule has 1 nitrogen and oxygen atoms in total. The van der Waals surface area contributed by atoms with Crippen LogP contribution in [0.5, 0.6) is 0 Å². The summed E-state index contributed by atoms with van der Waals surface area (Å²) in [5.41, 5.74) is 5.30. The molecule has 2 heteroatoms. The summed E-state index contributed by atoms with van der Waals surface area (Å²) in [7, 11) is 4.15. The molecule has 0 unspecified atom stereocenters. The third-order valence-electron chi connectivity index (χ3n) is 3.28. The van der Waals surface area contributed by atoms with Gasteiger partial charge in [-0.05, 0) is 27.6 Å². The van der Waals surface area contributed by atoms with Gasteiger partial charge in [-0.15, -0.1) is 29.8 Å². The van der Waals surface area contributed by atoms with Crippen LogP contribution in [0.1, 0.15) is 11.1 Å². The molecule has 0 amide bonds. The first kappa shape index (κ1) is 18.4. The molecule has 0 fully saturated rings. The summed E-state index contributed by atoms with van der Waals surface area (Å²) >= 11 is 0. The van der Waals surface area contributed by atoms with E-state index < -0.39 is 0 Å². The second-order valence-corrected chi connectivity index (χ2v) is 5.57. The molecular weight excluding hydrogens is 310 g/mol. The zero-order chi connectivity index (χ0) is 15.1. The quantitative estimate of drug-likeness (QED) is 0.489. The van der Waals surface area contributed by atoms with Crippen LogP contribution in [0.4, 0.5) is 0 Å². The molecule has 0 aliphatic rings. The largest absolute Gasteiger partial charge is 2.00 e. The molecular formula is C20H23FeN. The molecule has 116 valence electrons. The minimum atomic E-state index is 0. The van der Waals surface area contributed by atoms with Crippen molar-refractivity contribution in [3.05, 3.63) is 83.9 Å². The first-order chi connectivity index (χ1) is 10.1. The summed E-state index contributed by atoms with van der Waals surface area (Å²) in [6.07, 6.45) is 0. The van der Waals surface area contributed by atoms with E-state index in [0.29, 0.717) is 0 Å². The molecule has 0 radical (unpaired) electrons. The Morgan fingerprint density at radius 1 is 0.955 bits per heavy atom. The van der Waals surface area contributed by atoms with Gasteiger partial charge < -0.3 is 4.90 Å². The van der Waals surface area contributed by atoms with E-state index in [1.807, 2.05) is 0 Å². The first-order valence-electron chi connectivity index (χ1n) is 7.29. The van der Waals surface area contributed by atoms with Crippen LogP contribution in [0.2, 0.25) is 0 Å². The van der Waals surface area contributed by atoms with Crippen LogP contribution in [0.25, 0.3) is 11.1 Å². The SMILES string of the molecule is CN(C)Cc1ccc[cH-]1.Cc1ccc(-[c-]2cccc2)cc1.[Fe+2]. The van der Waals surface area contributed by atoms with Gasteiger partial charge >= 0.3 is 17.1 Å². The average molecular weight is 333 g/mol. The molecule has 0 aromatic heterocycles.